The van der Waals surface area contributed by atoms with E-state index >= 15 is 0 Å². The van der Waals surface area contributed by atoms with E-state index in [1.54, 1.807) is 0 Å². The van der Waals surface area contributed by atoms with E-state index < -0.39 is 23.9 Å². The lowest BCUT2D eigenvalue weighted by molar-refractivity contribution is -0.137. The minimum Gasteiger partial charge on any atom is -0.472 e. The van der Waals surface area contributed by atoms with Gasteiger partial charge in [0.25, 0.3) is 0 Å². The Labute approximate surface area is 111 Å². The smallest absolute Gasteiger partial charge is 0.417 e. The molecule has 0 aliphatic rings. The number of alkyl halides is 3. The van der Waals surface area contributed by atoms with E-state index in [4.69, 9.17) is 21.4 Å². The maximum absolute atomic E-state index is 12.4. The van der Waals surface area contributed by atoms with Gasteiger partial charge in [0.2, 0.25) is 5.88 Å². The Kier molecular flexibility index (Phi) is 4.82. The van der Waals surface area contributed by atoms with Crippen molar-refractivity contribution in [3.05, 3.63) is 22.8 Å². The predicted octanol–water partition coefficient (Wildman–Crippen LogP) is 2.79. The second-order valence-electron chi connectivity index (χ2n) is 3.62. The van der Waals surface area contributed by atoms with E-state index in [1.165, 1.54) is 6.92 Å². The molecule has 0 aliphatic carbocycles. The molecule has 0 bridgehead atoms. The summed E-state index contributed by atoms with van der Waals surface area (Å²) in [5.74, 6) is -0.186. The maximum atomic E-state index is 12.4. The summed E-state index contributed by atoms with van der Waals surface area (Å²) in [6, 6.07) is 0.696. The molecule has 5 nitrogen and oxygen atoms in total. The number of ether oxygens (including phenoxy) is 1. The topological polar surface area (TPSA) is 71.5 Å². The average molecular weight is 299 g/mol. The Hall–Kier alpha value is -1.70. The molecule has 1 rings (SSSR count). The summed E-state index contributed by atoms with van der Waals surface area (Å²) in [6.07, 6.45) is -5.80. The summed E-state index contributed by atoms with van der Waals surface area (Å²) in [5.41, 5.74) is -0.985. The molecule has 0 spiro atoms. The lowest BCUT2D eigenvalue weighted by Gasteiger charge is -2.15. The van der Waals surface area contributed by atoms with Gasteiger partial charge in [-0.2, -0.15) is 13.2 Å². The summed E-state index contributed by atoms with van der Waals surface area (Å²) in [6.45, 7) is 1.47. The number of rotatable bonds is 4. The van der Waals surface area contributed by atoms with Crippen molar-refractivity contribution in [2.24, 2.45) is 0 Å². The van der Waals surface area contributed by atoms with Gasteiger partial charge < -0.3 is 15.2 Å². The van der Waals surface area contributed by atoms with Crippen molar-refractivity contribution in [1.82, 2.24) is 10.3 Å². The molecule has 106 valence electrons. The number of carboxylic acid groups (broad SMARTS) is 1. The van der Waals surface area contributed by atoms with E-state index in [0.717, 1.165) is 0 Å². The highest BCUT2D eigenvalue weighted by atomic mass is 35.5. The van der Waals surface area contributed by atoms with Gasteiger partial charge in [0.05, 0.1) is 12.1 Å². The molecule has 0 radical (unpaired) electrons. The number of hydrogen-bond donors (Lipinski definition) is 2. The molecule has 0 unspecified atom stereocenters. The van der Waals surface area contributed by atoms with E-state index in [1.807, 2.05) is 0 Å². The van der Waals surface area contributed by atoms with Gasteiger partial charge in [0.15, 0.2) is 0 Å². The number of amides is 1. The molecular formula is C10H10ClF3N2O3. The Morgan fingerprint density at radius 1 is 1.63 bits per heavy atom. The van der Waals surface area contributed by atoms with Crippen LogP contribution in [-0.4, -0.2) is 28.8 Å². The van der Waals surface area contributed by atoms with Crippen LogP contribution in [-0.2, 0) is 6.18 Å². The van der Waals surface area contributed by atoms with Crippen molar-refractivity contribution in [1.29, 1.82) is 0 Å². The van der Waals surface area contributed by atoms with Gasteiger partial charge in [-0.1, -0.05) is 11.6 Å². The standard InChI is InChI=1S/C10H10ClF3N2O3/c1-5(3-16-9(17)18)19-8-7(11)2-6(4-15-8)10(12,13)14/h2,4-5,16H,3H2,1H3,(H,17,18)/t5-/m1/s1. The molecule has 0 aromatic carbocycles. The largest absolute Gasteiger partial charge is 0.472 e. The first-order valence-corrected chi connectivity index (χ1v) is 5.44. The molecule has 1 atom stereocenters. The number of aromatic nitrogens is 1. The Balaban J connectivity index is 2.72. The highest BCUT2D eigenvalue weighted by Crippen LogP contribution is 2.33. The highest BCUT2D eigenvalue weighted by Gasteiger charge is 2.31. The summed E-state index contributed by atoms with van der Waals surface area (Å²) in [5, 5.41) is 10.1. The summed E-state index contributed by atoms with van der Waals surface area (Å²) < 4.78 is 42.2. The SMILES string of the molecule is C[C@H](CNC(=O)O)Oc1ncc(C(F)(F)F)cc1Cl. The number of pyridine rings is 1. The molecule has 1 amide bonds. The van der Waals surface area contributed by atoms with Crippen LogP contribution in [0, 0.1) is 0 Å². The Bertz CT molecular complexity index is 468. The molecule has 1 heterocycles. The molecule has 1 aromatic rings. The Morgan fingerprint density at radius 2 is 2.26 bits per heavy atom. The van der Waals surface area contributed by atoms with Gasteiger partial charge in [-0.15, -0.1) is 0 Å². The molecule has 0 saturated heterocycles. The second kappa shape index (κ2) is 5.96. The van der Waals surface area contributed by atoms with Crippen molar-refractivity contribution in [3.8, 4) is 5.88 Å². The third-order valence-corrected chi connectivity index (χ3v) is 2.26. The molecular weight excluding hydrogens is 289 g/mol. The zero-order chi connectivity index (χ0) is 14.6. The number of nitrogens with zero attached hydrogens (tertiary/aromatic N) is 1. The van der Waals surface area contributed by atoms with Gasteiger partial charge in [-0.25, -0.2) is 9.78 Å². The molecule has 2 N–H and O–H groups in total. The normalized spacial score (nSPS) is 12.9. The van der Waals surface area contributed by atoms with Crippen LogP contribution >= 0.6 is 11.6 Å². The summed E-state index contributed by atoms with van der Waals surface area (Å²) in [7, 11) is 0. The van der Waals surface area contributed by atoms with Gasteiger partial charge in [0, 0.05) is 6.20 Å². The zero-order valence-electron chi connectivity index (χ0n) is 9.66. The van der Waals surface area contributed by atoms with Gasteiger partial charge in [-0.05, 0) is 13.0 Å². The van der Waals surface area contributed by atoms with Crippen molar-refractivity contribution in [2.45, 2.75) is 19.2 Å². The molecule has 0 saturated carbocycles. The zero-order valence-corrected chi connectivity index (χ0v) is 10.4. The minimum absolute atomic E-state index is 0.0473. The van der Waals surface area contributed by atoms with Gasteiger partial charge in [0.1, 0.15) is 11.1 Å². The van der Waals surface area contributed by atoms with E-state index in [9.17, 15) is 18.0 Å². The highest BCUT2D eigenvalue weighted by molar-refractivity contribution is 6.31. The van der Waals surface area contributed by atoms with Crippen LogP contribution in [0.15, 0.2) is 12.3 Å². The van der Waals surface area contributed by atoms with Crippen molar-refractivity contribution < 1.29 is 27.8 Å². The van der Waals surface area contributed by atoms with E-state index in [2.05, 4.69) is 10.3 Å². The minimum atomic E-state index is -4.54. The van der Waals surface area contributed by atoms with E-state index in [0.29, 0.717) is 12.3 Å². The van der Waals surface area contributed by atoms with Crippen LogP contribution in [0.4, 0.5) is 18.0 Å². The lowest BCUT2D eigenvalue weighted by Crippen LogP contribution is -2.32. The van der Waals surface area contributed by atoms with Crippen LogP contribution in [0.5, 0.6) is 5.88 Å². The second-order valence-corrected chi connectivity index (χ2v) is 4.03. The van der Waals surface area contributed by atoms with Crippen molar-refractivity contribution in [2.75, 3.05) is 6.54 Å². The van der Waals surface area contributed by atoms with E-state index in [-0.39, 0.29) is 17.4 Å². The molecule has 0 fully saturated rings. The average Bonchev–Trinajstić information content (AvgIpc) is 2.27. The third-order valence-electron chi connectivity index (χ3n) is 1.99. The third kappa shape index (κ3) is 4.82. The molecule has 0 aliphatic heterocycles. The lowest BCUT2D eigenvalue weighted by atomic mass is 10.3. The fourth-order valence-corrected chi connectivity index (χ4v) is 1.34. The monoisotopic (exact) mass is 298 g/mol. The fraction of sp³-hybridized carbons (Fsp3) is 0.400. The van der Waals surface area contributed by atoms with Crippen LogP contribution in [0.2, 0.25) is 5.02 Å². The van der Waals surface area contributed by atoms with Crippen LogP contribution in [0.3, 0.4) is 0 Å². The quantitative estimate of drug-likeness (QED) is 0.896. The van der Waals surface area contributed by atoms with Crippen molar-refractivity contribution >= 4 is 17.7 Å². The number of halogens is 4. The molecule has 19 heavy (non-hydrogen) atoms. The number of hydrogen-bond acceptors (Lipinski definition) is 3. The molecule has 9 heteroatoms. The summed E-state index contributed by atoms with van der Waals surface area (Å²) >= 11 is 5.62. The first kappa shape index (κ1) is 15.4. The van der Waals surface area contributed by atoms with Crippen LogP contribution < -0.4 is 10.1 Å². The molecule has 1 aromatic heterocycles. The predicted molar refractivity (Wildman–Crippen MR) is 60.4 cm³/mol. The van der Waals surface area contributed by atoms with Gasteiger partial charge >= 0.3 is 12.3 Å². The Morgan fingerprint density at radius 3 is 2.74 bits per heavy atom. The number of nitrogens with one attached hydrogen (secondary N) is 1. The first-order chi connectivity index (χ1) is 8.70. The van der Waals surface area contributed by atoms with Crippen molar-refractivity contribution in [3.63, 3.8) is 0 Å². The number of carbonyl (C=O) groups is 1. The van der Waals surface area contributed by atoms with Gasteiger partial charge in [-0.3, -0.25) is 0 Å². The summed E-state index contributed by atoms with van der Waals surface area (Å²) in [4.78, 5) is 13.7. The van der Waals surface area contributed by atoms with Crippen LogP contribution in [0.25, 0.3) is 0 Å². The first-order valence-electron chi connectivity index (χ1n) is 5.06. The van der Waals surface area contributed by atoms with Crippen LogP contribution in [0.1, 0.15) is 12.5 Å². The maximum Gasteiger partial charge on any atom is 0.417 e. The fourth-order valence-electron chi connectivity index (χ4n) is 1.13.